The largest absolute Gasteiger partial charge is 0.230 e. The minimum atomic E-state index is 0.368. The molecular weight excluding hydrogens is 306 g/mol. The van der Waals surface area contributed by atoms with Gasteiger partial charge in [-0.2, -0.15) is 10.4 Å². The van der Waals surface area contributed by atoms with Crippen LogP contribution in [0.2, 0.25) is 5.02 Å². The summed E-state index contributed by atoms with van der Waals surface area (Å²) in [6.07, 6.45) is 0. The monoisotopic (exact) mass is 321 g/mol. The second-order valence-corrected chi connectivity index (χ2v) is 6.07. The fraction of sp³-hybridized carbons (Fsp3) is 0.158. The molecule has 0 bridgehead atoms. The Kier molecular flexibility index (Phi) is 4.18. The van der Waals surface area contributed by atoms with Crippen LogP contribution in [0.1, 0.15) is 31.0 Å². The third-order valence-corrected chi connectivity index (χ3v) is 4.10. The lowest BCUT2D eigenvalue weighted by atomic mass is 10.0. The van der Waals surface area contributed by atoms with Crippen LogP contribution in [0, 0.1) is 11.3 Å². The van der Waals surface area contributed by atoms with Gasteiger partial charge in [-0.15, -0.1) is 0 Å². The van der Waals surface area contributed by atoms with E-state index in [0.717, 1.165) is 16.9 Å². The first kappa shape index (κ1) is 15.3. The second-order valence-electron chi connectivity index (χ2n) is 5.67. The van der Waals surface area contributed by atoms with E-state index in [0.29, 0.717) is 16.6 Å². The Bertz CT molecular complexity index is 870. The summed E-state index contributed by atoms with van der Waals surface area (Å²) in [7, 11) is 0. The third-order valence-electron chi connectivity index (χ3n) is 3.78. The van der Waals surface area contributed by atoms with E-state index in [1.807, 2.05) is 24.3 Å². The molecular formula is C19H16ClN3. The molecule has 0 fully saturated rings. The van der Waals surface area contributed by atoms with Gasteiger partial charge in [0.25, 0.3) is 0 Å². The van der Waals surface area contributed by atoms with Crippen LogP contribution in [-0.4, -0.2) is 9.78 Å². The number of hydrogen-bond acceptors (Lipinski definition) is 2. The standard InChI is InChI=1S/C19H16ClN3/c1-13(2)14-7-9-15(10-8-14)19-11-16(12-21)22-23(19)18-6-4-3-5-17(18)20/h3-11,13H,1-2H3. The number of benzene rings is 2. The molecule has 2 aromatic carbocycles. The number of nitrogens with zero attached hydrogens (tertiary/aromatic N) is 3. The molecule has 0 amide bonds. The number of halogens is 1. The van der Waals surface area contributed by atoms with Gasteiger partial charge in [0.15, 0.2) is 5.69 Å². The van der Waals surface area contributed by atoms with Crippen LogP contribution in [0.5, 0.6) is 0 Å². The van der Waals surface area contributed by atoms with E-state index >= 15 is 0 Å². The SMILES string of the molecule is CC(C)c1ccc(-c2cc(C#N)nn2-c2ccccc2Cl)cc1. The van der Waals surface area contributed by atoms with Crippen molar-refractivity contribution in [2.24, 2.45) is 0 Å². The highest BCUT2D eigenvalue weighted by atomic mass is 35.5. The number of rotatable bonds is 3. The molecule has 23 heavy (non-hydrogen) atoms. The summed E-state index contributed by atoms with van der Waals surface area (Å²) in [6.45, 7) is 4.33. The number of nitriles is 1. The average Bonchev–Trinajstić information content (AvgIpc) is 2.99. The van der Waals surface area contributed by atoms with Crippen LogP contribution in [0.25, 0.3) is 16.9 Å². The van der Waals surface area contributed by atoms with Gasteiger partial charge >= 0.3 is 0 Å². The molecule has 4 heteroatoms. The van der Waals surface area contributed by atoms with E-state index in [4.69, 9.17) is 11.6 Å². The van der Waals surface area contributed by atoms with Crippen LogP contribution in [0.15, 0.2) is 54.6 Å². The molecule has 0 saturated carbocycles. The molecule has 1 aromatic heterocycles. The number of hydrogen-bond donors (Lipinski definition) is 0. The molecule has 114 valence electrons. The topological polar surface area (TPSA) is 41.6 Å². The lowest BCUT2D eigenvalue weighted by Gasteiger charge is -2.10. The van der Waals surface area contributed by atoms with Crippen LogP contribution >= 0.6 is 11.6 Å². The van der Waals surface area contributed by atoms with Crippen LogP contribution in [0.4, 0.5) is 0 Å². The molecule has 0 unspecified atom stereocenters. The quantitative estimate of drug-likeness (QED) is 0.666. The molecule has 0 aliphatic heterocycles. The molecule has 0 radical (unpaired) electrons. The molecule has 0 saturated heterocycles. The maximum absolute atomic E-state index is 9.20. The van der Waals surface area contributed by atoms with E-state index in [-0.39, 0.29) is 0 Å². The van der Waals surface area contributed by atoms with Crippen molar-refractivity contribution >= 4 is 11.6 Å². The van der Waals surface area contributed by atoms with Gasteiger partial charge in [0.1, 0.15) is 6.07 Å². The summed E-state index contributed by atoms with van der Waals surface area (Å²) in [5, 5.41) is 14.2. The fourth-order valence-corrected chi connectivity index (χ4v) is 2.70. The van der Waals surface area contributed by atoms with Gasteiger partial charge in [-0.1, -0.05) is 61.8 Å². The maximum Gasteiger partial charge on any atom is 0.163 e. The highest BCUT2D eigenvalue weighted by Crippen LogP contribution is 2.28. The summed E-state index contributed by atoms with van der Waals surface area (Å²) < 4.78 is 1.73. The Labute approximate surface area is 140 Å². The Morgan fingerprint density at radius 1 is 1.09 bits per heavy atom. The van der Waals surface area contributed by atoms with Crippen molar-refractivity contribution in [3.8, 4) is 23.0 Å². The molecule has 3 rings (SSSR count). The Morgan fingerprint density at radius 2 is 1.78 bits per heavy atom. The minimum Gasteiger partial charge on any atom is -0.230 e. The van der Waals surface area contributed by atoms with Gasteiger partial charge in [0.2, 0.25) is 0 Å². The van der Waals surface area contributed by atoms with Crippen molar-refractivity contribution in [1.29, 1.82) is 5.26 Å². The van der Waals surface area contributed by atoms with E-state index < -0.39 is 0 Å². The van der Waals surface area contributed by atoms with Crippen molar-refractivity contribution in [3.05, 3.63) is 70.9 Å². The van der Waals surface area contributed by atoms with Crippen molar-refractivity contribution < 1.29 is 0 Å². The smallest absolute Gasteiger partial charge is 0.163 e. The summed E-state index contributed by atoms with van der Waals surface area (Å²) in [5.41, 5.74) is 4.26. The fourth-order valence-electron chi connectivity index (χ4n) is 2.49. The zero-order valence-corrected chi connectivity index (χ0v) is 13.7. The van der Waals surface area contributed by atoms with Crippen molar-refractivity contribution in [2.75, 3.05) is 0 Å². The van der Waals surface area contributed by atoms with Gasteiger partial charge in [-0.25, -0.2) is 4.68 Å². The zero-order chi connectivity index (χ0) is 16.4. The highest BCUT2D eigenvalue weighted by molar-refractivity contribution is 6.32. The molecule has 0 aliphatic carbocycles. The molecule has 3 aromatic rings. The van der Waals surface area contributed by atoms with Crippen molar-refractivity contribution in [1.82, 2.24) is 9.78 Å². The number of aromatic nitrogens is 2. The summed E-state index contributed by atoms with van der Waals surface area (Å²) in [4.78, 5) is 0. The van der Waals surface area contributed by atoms with E-state index in [9.17, 15) is 5.26 Å². The minimum absolute atomic E-state index is 0.368. The summed E-state index contributed by atoms with van der Waals surface area (Å²) >= 11 is 6.29. The van der Waals surface area contributed by atoms with Crippen molar-refractivity contribution in [2.45, 2.75) is 19.8 Å². The normalized spacial score (nSPS) is 10.7. The predicted molar refractivity (Wildman–Crippen MR) is 92.8 cm³/mol. The first-order valence-corrected chi connectivity index (χ1v) is 7.83. The summed E-state index contributed by atoms with van der Waals surface area (Å²) in [5.74, 6) is 0.479. The van der Waals surface area contributed by atoms with Gasteiger partial charge in [0.05, 0.1) is 16.4 Å². The van der Waals surface area contributed by atoms with Crippen LogP contribution in [-0.2, 0) is 0 Å². The Balaban J connectivity index is 2.14. The molecule has 0 atom stereocenters. The zero-order valence-electron chi connectivity index (χ0n) is 13.0. The van der Waals surface area contributed by atoms with Crippen LogP contribution in [0.3, 0.4) is 0 Å². The van der Waals surface area contributed by atoms with Gasteiger partial charge in [-0.3, -0.25) is 0 Å². The molecule has 1 heterocycles. The molecule has 0 spiro atoms. The first-order chi connectivity index (χ1) is 11.1. The Morgan fingerprint density at radius 3 is 2.39 bits per heavy atom. The van der Waals surface area contributed by atoms with Gasteiger partial charge in [-0.05, 0) is 23.6 Å². The van der Waals surface area contributed by atoms with Gasteiger partial charge in [0, 0.05) is 11.6 Å². The lowest BCUT2D eigenvalue weighted by molar-refractivity contribution is 0.865. The summed E-state index contributed by atoms with van der Waals surface area (Å²) in [6, 6.07) is 19.7. The molecule has 0 aliphatic rings. The highest BCUT2D eigenvalue weighted by Gasteiger charge is 2.14. The van der Waals surface area contributed by atoms with Crippen LogP contribution < -0.4 is 0 Å². The first-order valence-electron chi connectivity index (χ1n) is 7.45. The molecule has 0 N–H and O–H groups in total. The molecule has 3 nitrogen and oxygen atoms in total. The Hall–Kier alpha value is -2.57. The third kappa shape index (κ3) is 2.99. The van der Waals surface area contributed by atoms with Gasteiger partial charge < -0.3 is 0 Å². The number of para-hydroxylation sites is 1. The second kappa shape index (κ2) is 6.28. The van der Waals surface area contributed by atoms with E-state index in [1.165, 1.54) is 5.56 Å². The van der Waals surface area contributed by atoms with E-state index in [2.05, 4.69) is 49.3 Å². The van der Waals surface area contributed by atoms with Crippen molar-refractivity contribution in [3.63, 3.8) is 0 Å². The average molecular weight is 322 g/mol. The van der Waals surface area contributed by atoms with E-state index in [1.54, 1.807) is 10.7 Å². The maximum atomic E-state index is 9.20. The predicted octanol–water partition coefficient (Wildman–Crippen LogP) is 5.19. The lowest BCUT2D eigenvalue weighted by Crippen LogP contribution is -2.00.